The summed E-state index contributed by atoms with van der Waals surface area (Å²) in [5.41, 5.74) is 2.73. The van der Waals surface area contributed by atoms with Gasteiger partial charge in [0, 0.05) is 25.0 Å². The van der Waals surface area contributed by atoms with Gasteiger partial charge in [-0.3, -0.25) is 4.79 Å². The standard InChI is InChI=1S/C16H22N2O/c1-17-15-7-4-8-18(11-15)16(19)14-9-12-5-2-3-6-13(12)10-14/h2-3,5-6,14-15,17H,4,7-11H2,1H3. The molecule has 1 atom stereocenters. The van der Waals surface area contributed by atoms with Crippen molar-refractivity contribution < 1.29 is 4.79 Å². The van der Waals surface area contributed by atoms with Crippen LogP contribution in [0.25, 0.3) is 0 Å². The number of nitrogens with one attached hydrogen (secondary N) is 1. The molecule has 1 aliphatic carbocycles. The van der Waals surface area contributed by atoms with Gasteiger partial charge in [0.25, 0.3) is 0 Å². The molecule has 1 fully saturated rings. The van der Waals surface area contributed by atoms with Crippen LogP contribution in [0.4, 0.5) is 0 Å². The van der Waals surface area contributed by atoms with Gasteiger partial charge in [0.2, 0.25) is 5.91 Å². The summed E-state index contributed by atoms with van der Waals surface area (Å²) in [5, 5.41) is 3.30. The van der Waals surface area contributed by atoms with Crippen molar-refractivity contribution in [2.75, 3.05) is 20.1 Å². The maximum atomic E-state index is 12.6. The van der Waals surface area contributed by atoms with E-state index in [4.69, 9.17) is 0 Å². The maximum Gasteiger partial charge on any atom is 0.226 e. The summed E-state index contributed by atoms with van der Waals surface area (Å²) in [6, 6.07) is 8.94. The monoisotopic (exact) mass is 258 g/mol. The van der Waals surface area contributed by atoms with Gasteiger partial charge in [-0.05, 0) is 43.9 Å². The van der Waals surface area contributed by atoms with Crippen molar-refractivity contribution in [3.8, 4) is 0 Å². The molecule has 1 aromatic carbocycles. The van der Waals surface area contributed by atoms with E-state index in [1.807, 2.05) is 7.05 Å². The van der Waals surface area contributed by atoms with Crippen LogP contribution in [0, 0.1) is 5.92 Å². The molecular formula is C16H22N2O. The van der Waals surface area contributed by atoms with Gasteiger partial charge in [-0.1, -0.05) is 24.3 Å². The summed E-state index contributed by atoms with van der Waals surface area (Å²) in [5.74, 6) is 0.532. The third kappa shape index (κ3) is 2.52. The minimum atomic E-state index is 0.174. The number of carbonyl (C=O) groups excluding carboxylic acids is 1. The molecule has 1 saturated heterocycles. The average molecular weight is 258 g/mol. The number of benzene rings is 1. The van der Waals surface area contributed by atoms with Crippen molar-refractivity contribution in [1.82, 2.24) is 10.2 Å². The number of piperidine rings is 1. The highest BCUT2D eigenvalue weighted by Crippen LogP contribution is 2.28. The first-order valence-corrected chi connectivity index (χ1v) is 7.30. The van der Waals surface area contributed by atoms with E-state index in [0.717, 1.165) is 32.4 Å². The number of carbonyl (C=O) groups is 1. The van der Waals surface area contributed by atoms with Gasteiger partial charge in [-0.2, -0.15) is 0 Å². The van der Waals surface area contributed by atoms with Crippen molar-refractivity contribution in [1.29, 1.82) is 0 Å². The Hall–Kier alpha value is -1.35. The zero-order valence-corrected chi connectivity index (χ0v) is 11.6. The number of amides is 1. The molecule has 19 heavy (non-hydrogen) atoms. The van der Waals surface area contributed by atoms with Crippen molar-refractivity contribution >= 4 is 5.91 Å². The van der Waals surface area contributed by atoms with E-state index in [1.165, 1.54) is 17.5 Å². The van der Waals surface area contributed by atoms with Crippen LogP contribution in [0.15, 0.2) is 24.3 Å². The first kappa shape index (κ1) is 12.7. The van der Waals surface area contributed by atoms with Crippen molar-refractivity contribution in [3.63, 3.8) is 0 Å². The molecule has 0 saturated carbocycles. The quantitative estimate of drug-likeness (QED) is 0.874. The molecule has 0 spiro atoms. The predicted molar refractivity (Wildman–Crippen MR) is 76.0 cm³/mol. The summed E-state index contributed by atoms with van der Waals surface area (Å²) in [6.07, 6.45) is 4.16. The minimum Gasteiger partial charge on any atom is -0.341 e. The van der Waals surface area contributed by atoms with E-state index in [0.29, 0.717) is 11.9 Å². The summed E-state index contributed by atoms with van der Waals surface area (Å²) >= 11 is 0. The molecule has 0 radical (unpaired) electrons. The Labute approximate surface area is 115 Å². The van der Waals surface area contributed by atoms with E-state index in [-0.39, 0.29) is 5.92 Å². The molecule has 1 N–H and O–H groups in total. The highest BCUT2D eigenvalue weighted by atomic mass is 16.2. The highest BCUT2D eigenvalue weighted by molar-refractivity contribution is 5.80. The molecule has 3 rings (SSSR count). The molecule has 1 amide bonds. The lowest BCUT2D eigenvalue weighted by atomic mass is 10.0. The fraction of sp³-hybridized carbons (Fsp3) is 0.562. The third-order valence-electron chi connectivity index (χ3n) is 4.54. The zero-order valence-electron chi connectivity index (χ0n) is 11.6. The summed E-state index contributed by atoms with van der Waals surface area (Å²) in [6.45, 7) is 1.81. The van der Waals surface area contributed by atoms with Crippen molar-refractivity contribution in [2.24, 2.45) is 5.92 Å². The van der Waals surface area contributed by atoms with Crippen LogP contribution in [0.3, 0.4) is 0 Å². The smallest absolute Gasteiger partial charge is 0.226 e. The van der Waals surface area contributed by atoms with Gasteiger partial charge in [-0.25, -0.2) is 0 Å². The van der Waals surface area contributed by atoms with Gasteiger partial charge >= 0.3 is 0 Å². The molecule has 1 heterocycles. The fourth-order valence-corrected chi connectivity index (χ4v) is 3.40. The van der Waals surface area contributed by atoms with E-state index >= 15 is 0 Å². The Morgan fingerprint density at radius 3 is 2.58 bits per heavy atom. The highest BCUT2D eigenvalue weighted by Gasteiger charge is 2.32. The Kier molecular flexibility index (Phi) is 3.56. The molecule has 1 aromatic rings. The van der Waals surface area contributed by atoms with Gasteiger partial charge in [0.05, 0.1) is 0 Å². The van der Waals surface area contributed by atoms with Gasteiger partial charge < -0.3 is 10.2 Å². The number of nitrogens with zero attached hydrogens (tertiary/aromatic N) is 1. The topological polar surface area (TPSA) is 32.3 Å². The molecule has 3 nitrogen and oxygen atoms in total. The molecule has 3 heteroatoms. The second-order valence-electron chi connectivity index (χ2n) is 5.79. The Bertz CT molecular complexity index is 447. The van der Waals surface area contributed by atoms with Gasteiger partial charge in [-0.15, -0.1) is 0 Å². The Balaban J connectivity index is 1.66. The average Bonchev–Trinajstić information content (AvgIpc) is 2.90. The molecule has 2 aliphatic rings. The lowest BCUT2D eigenvalue weighted by Crippen LogP contribution is -2.48. The number of hydrogen-bond acceptors (Lipinski definition) is 2. The first-order valence-electron chi connectivity index (χ1n) is 7.30. The fourth-order valence-electron chi connectivity index (χ4n) is 3.40. The second kappa shape index (κ2) is 5.33. The summed E-state index contributed by atoms with van der Waals surface area (Å²) in [4.78, 5) is 14.7. The van der Waals surface area contributed by atoms with E-state index < -0.39 is 0 Å². The lowest BCUT2D eigenvalue weighted by Gasteiger charge is -2.34. The van der Waals surface area contributed by atoms with Gasteiger partial charge in [0.1, 0.15) is 0 Å². The van der Waals surface area contributed by atoms with Crippen LogP contribution < -0.4 is 5.32 Å². The predicted octanol–water partition coefficient (Wildman–Crippen LogP) is 1.61. The number of fused-ring (bicyclic) bond motifs is 1. The summed E-state index contributed by atoms with van der Waals surface area (Å²) < 4.78 is 0. The SMILES string of the molecule is CNC1CCCN(C(=O)C2Cc3ccccc3C2)C1. The van der Waals surface area contributed by atoms with Crippen LogP contribution in [0.5, 0.6) is 0 Å². The molecule has 102 valence electrons. The largest absolute Gasteiger partial charge is 0.341 e. The number of likely N-dealkylation sites (N-methyl/N-ethyl adjacent to an activating group) is 1. The number of rotatable bonds is 2. The lowest BCUT2D eigenvalue weighted by molar-refractivity contribution is -0.136. The van der Waals surface area contributed by atoms with Crippen molar-refractivity contribution in [2.45, 2.75) is 31.7 Å². The van der Waals surface area contributed by atoms with E-state index in [9.17, 15) is 4.79 Å². The normalized spacial score (nSPS) is 23.4. The second-order valence-corrected chi connectivity index (χ2v) is 5.79. The summed E-state index contributed by atoms with van der Waals surface area (Å²) in [7, 11) is 1.99. The molecule has 0 bridgehead atoms. The molecule has 1 unspecified atom stereocenters. The first-order chi connectivity index (χ1) is 9.28. The zero-order chi connectivity index (χ0) is 13.2. The molecule has 0 aromatic heterocycles. The van der Waals surface area contributed by atoms with E-state index in [1.54, 1.807) is 0 Å². The van der Waals surface area contributed by atoms with Crippen LogP contribution >= 0.6 is 0 Å². The van der Waals surface area contributed by atoms with Crippen LogP contribution in [-0.2, 0) is 17.6 Å². The molecule has 1 aliphatic heterocycles. The van der Waals surface area contributed by atoms with Crippen molar-refractivity contribution in [3.05, 3.63) is 35.4 Å². The molecular weight excluding hydrogens is 236 g/mol. The van der Waals surface area contributed by atoms with E-state index in [2.05, 4.69) is 34.5 Å². The van der Waals surface area contributed by atoms with Crippen LogP contribution in [0.2, 0.25) is 0 Å². The van der Waals surface area contributed by atoms with Crippen LogP contribution in [-0.4, -0.2) is 37.0 Å². The third-order valence-corrected chi connectivity index (χ3v) is 4.54. The van der Waals surface area contributed by atoms with Crippen LogP contribution in [0.1, 0.15) is 24.0 Å². The maximum absolute atomic E-state index is 12.6. The minimum absolute atomic E-state index is 0.174. The number of likely N-dealkylation sites (tertiary alicyclic amines) is 1. The Morgan fingerprint density at radius 1 is 1.26 bits per heavy atom. The number of hydrogen-bond donors (Lipinski definition) is 1. The Morgan fingerprint density at radius 2 is 1.95 bits per heavy atom. The van der Waals surface area contributed by atoms with Gasteiger partial charge in [0.15, 0.2) is 0 Å².